The van der Waals surface area contributed by atoms with Gasteiger partial charge in [-0.25, -0.2) is 0 Å². The molecule has 1 saturated heterocycles. The molecule has 3 aliphatic rings. The highest BCUT2D eigenvalue weighted by atomic mass is 16.5. The molecule has 1 spiro atoms. The number of fused-ring (bicyclic) bond motifs is 3. The van der Waals surface area contributed by atoms with Crippen molar-refractivity contribution < 1.29 is 9.47 Å². The fraction of sp³-hybridized carbons (Fsp3) is 0.571. The van der Waals surface area contributed by atoms with Crippen LogP contribution in [-0.2, 0) is 29.9 Å². The maximum absolute atomic E-state index is 6.25. The van der Waals surface area contributed by atoms with E-state index in [9.17, 15) is 0 Å². The van der Waals surface area contributed by atoms with Crippen molar-refractivity contribution >= 4 is 0 Å². The molecule has 0 radical (unpaired) electrons. The van der Waals surface area contributed by atoms with E-state index in [2.05, 4.69) is 45.0 Å². The van der Waals surface area contributed by atoms with Crippen molar-refractivity contribution in [1.29, 1.82) is 0 Å². The largest absolute Gasteiger partial charge is 0.475 e. The lowest BCUT2D eigenvalue weighted by atomic mass is 9.84. The maximum Gasteiger partial charge on any atom is 0.233 e. The molecule has 1 aromatic carbocycles. The second kappa shape index (κ2) is 6.71. The quantitative estimate of drug-likeness (QED) is 0.847. The minimum atomic E-state index is -0.0448. The average Bonchev–Trinajstić information content (AvgIpc) is 3.25. The van der Waals surface area contributed by atoms with E-state index in [4.69, 9.17) is 9.47 Å². The highest BCUT2D eigenvalue weighted by Gasteiger charge is 2.42. The third-order valence-corrected chi connectivity index (χ3v) is 6.23. The van der Waals surface area contributed by atoms with E-state index in [1.54, 1.807) is 0 Å². The monoisotopic (exact) mass is 353 g/mol. The molecule has 0 N–H and O–H groups in total. The zero-order chi connectivity index (χ0) is 17.4. The van der Waals surface area contributed by atoms with Crippen LogP contribution in [0.25, 0.3) is 0 Å². The number of likely N-dealkylation sites (tertiary alicyclic amines) is 1. The van der Waals surface area contributed by atoms with Crippen molar-refractivity contribution in [2.75, 3.05) is 26.2 Å². The van der Waals surface area contributed by atoms with E-state index in [-0.39, 0.29) is 5.60 Å². The average molecular weight is 353 g/mol. The Hall–Kier alpha value is -1.85. The summed E-state index contributed by atoms with van der Waals surface area (Å²) in [5, 5.41) is 4.57. The highest BCUT2D eigenvalue weighted by molar-refractivity contribution is 5.35. The summed E-state index contributed by atoms with van der Waals surface area (Å²) in [6, 6.07) is 10.8. The zero-order valence-corrected chi connectivity index (χ0v) is 15.3. The van der Waals surface area contributed by atoms with Gasteiger partial charge in [-0.1, -0.05) is 24.3 Å². The fourth-order valence-corrected chi connectivity index (χ4v) is 4.68. The number of nitrogens with zero attached hydrogens (tertiary/aromatic N) is 3. The van der Waals surface area contributed by atoms with Gasteiger partial charge in [-0.05, 0) is 43.2 Å². The molecule has 1 aromatic heterocycles. The molecule has 3 aliphatic heterocycles. The minimum Gasteiger partial charge on any atom is -0.475 e. The molecule has 26 heavy (non-hydrogen) atoms. The number of aryl methyl sites for hydroxylation is 2. The second-order valence-electron chi connectivity index (χ2n) is 7.78. The number of hydrogen-bond acceptors (Lipinski definition) is 4. The Morgan fingerprint density at radius 1 is 1.12 bits per heavy atom. The number of rotatable bonds is 4. The summed E-state index contributed by atoms with van der Waals surface area (Å²) in [5.74, 6) is 0.795. The van der Waals surface area contributed by atoms with Gasteiger partial charge in [0, 0.05) is 37.9 Å². The zero-order valence-electron chi connectivity index (χ0n) is 15.3. The lowest BCUT2D eigenvalue weighted by molar-refractivity contribution is -0.0796. The van der Waals surface area contributed by atoms with E-state index < -0.39 is 0 Å². The molecule has 5 heteroatoms. The first-order chi connectivity index (χ1) is 12.8. The molecular formula is C21H27N3O2. The predicted molar refractivity (Wildman–Crippen MR) is 99.2 cm³/mol. The van der Waals surface area contributed by atoms with E-state index in [0.29, 0.717) is 6.61 Å². The summed E-state index contributed by atoms with van der Waals surface area (Å²) in [7, 11) is 0. The number of aromatic nitrogens is 2. The van der Waals surface area contributed by atoms with Gasteiger partial charge in [0.2, 0.25) is 5.88 Å². The van der Waals surface area contributed by atoms with Crippen LogP contribution in [-0.4, -0.2) is 40.9 Å². The highest BCUT2D eigenvalue weighted by Crippen LogP contribution is 2.43. The Morgan fingerprint density at radius 3 is 2.88 bits per heavy atom. The van der Waals surface area contributed by atoms with Gasteiger partial charge in [-0.3, -0.25) is 9.58 Å². The lowest BCUT2D eigenvalue weighted by Crippen LogP contribution is -2.43. The summed E-state index contributed by atoms with van der Waals surface area (Å²) >= 11 is 0. The second-order valence-corrected chi connectivity index (χ2v) is 7.78. The molecule has 0 unspecified atom stereocenters. The number of piperidine rings is 1. The number of benzene rings is 1. The summed E-state index contributed by atoms with van der Waals surface area (Å²) in [5.41, 5.74) is 4.06. The first kappa shape index (κ1) is 16.3. The Balaban J connectivity index is 1.13. The van der Waals surface area contributed by atoms with Gasteiger partial charge in [0.25, 0.3) is 0 Å². The molecule has 5 nitrogen and oxygen atoms in total. The molecule has 138 valence electrons. The van der Waals surface area contributed by atoms with Crippen molar-refractivity contribution in [1.82, 2.24) is 14.7 Å². The van der Waals surface area contributed by atoms with E-state index in [0.717, 1.165) is 57.9 Å². The van der Waals surface area contributed by atoms with Crippen molar-refractivity contribution in [2.24, 2.45) is 0 Å². The van der Waals surface area contributed by atoms with Gasteiger partial charge < -0.3 is 9.47 Å². The summed E-state index contributed by atoms with van der Waals surface area (Å²) < 4.78 is 14.3. The van der Waals surface area contributed by atoms with Gasteiger partial charge in [0.05, 0.1) is 12.2 Å². The molecule has 1 fully saturated rings. The van der Waals surface area contributed by atoms with Crippen LogP contribution in [0.2, 0.25) is 0 Å². The van der Waals surface area contributed by atoms with Crippen LogP contribution in [0.1, 0.15) is 42.5 Å². The number of hydrogen-bond donors (Lipinski definition) is 0. The Kier molecular flexibility index (Phi) is 4.21. The van der Waals surface area contributed by atoms with E-state index >= 15 is 0 Å². The molecule has 0 saturated carbocycles. The Bertz CT molecular complexity index is 754. The van der Waals surface area contributed by atoms with Crippen LogP contribution in [0.15, 0.2) is 30.3 Å². The van der Waals surface area contributed by atoms with Crippen LogP contribution < -0.4 is 4.74 Å². The third-order valence-electron chi connectivity index (χ3n) is 6.23. The molecule has 5 rings (SSSR count). The van der Waals surface area contributed by atoms with Crippen molar-refractivity contribution in [2.45, 2.75) is 50.9 Å². The minimum absolute atomic E-state index is 0.0448. The van der Waals surface area contributed by atoms with Crippen molar-refractivity contribution in [3.63, 3.8) is 0 Å². The van der Waals surface area contributed by atoms with Crippen molar-refractivity contribution in [3.05, 3.63) is 47.2 Å². The molecular weight excluding hydrogens is 326 g/mol. The SMILES string of the molecule is c1ccc2c(c1)COC21CCN(CCOc2cc3n(n2)CCCC3)CC1. The predicted octanol–water partition coefficient (Wildman–Crippen LogP) is 3.12. The summed E-state index contributed by atoms with van der Waals surface area (Å²) in [4.78, 5) is 2.49. The fourth-order valence-electron chi connectivity index (χ4n) is 4.68. The van der Waals surface area contributed by atoms with Crippen LogP contribution in [0.4, 0.5) is 0 Å². The third kappa shape index (κ3) is 2.93. The first-order valence-electron chi connectivity index (χ1n) is 9.97. The van der Waals surface area contributed by atoms with Gasteiger partial charge in [-0.15, -0.1) is 5.10 Å². The number of ether oxygens (including phenoxy) is 2. The molecule has 2 aromatic rings. The van der Waals surface area contributed by atoms with Crippen molar-refractivity contribution in [3.8, 4) is 5.88 Å². The van der Waals surface area contributed by atoms with Gasteiger partial charge >= 0.3 is 0 Å². The molecule has 0 aliphatic carbocycles. The molecule has 0 amide bonds. The van der Waals surface area contributed by atoms with Gasteiger partial charge in [-0.2, -0.15) is 0 Å². The Labute approximate surface area is 154 Å². The standard InChI is InChI=1S/C21H27N3O2/c1-2-7-19-17(5-1)16-26-21(19)8-11-23(12-9-21)13-14-25-20-15-18-6-3-4-10-24(18)22-20/h1-2,5,7,15H,3-4,6,8-14,16H2. The van der Waals surface area contributed by atoms with Crippen LogP contribution in [0.5, 0.6) is 5.88 Å². The molecule has 0 atom stereocenters. The van der Waals surface area contributed by atoms with Crippen LogP contribution >= 0.6 is 0 Å². The lowest BCUT2D eigenvalue weighted by Gasteiger charge is -2.39. The van der Waals surface area contributed by atoms with Crippen LogP contribution in [0, 0.1) is 0 Å². The topological polar surface area (TPSA) is 39.5 Å². The van der Waals surface area contributed by atoms with Gasteiger partial charge in [0.1, 0.15) is 6.61 Å². The maximum atomic E-state index is 6.25. The first-order valence-corrected chi connectivity index (χ1v) is 9.97. The smallest absolute Gasteiger partial charge is 0.233 e. The summed E-state index contributed by atoms with van der Waals surface area (Å²) in [6.45, 7) is 5.61. The van der Waals surface area contributed by atoms with Gasteiger partial charge in [0.15, 0.2) is 0 Å². The Morgan fingerprint density at radius 2 is 2.00 bits per heavy atom. The van der Waals surface area contributed by atoms with E-state index in [1.807, 2.05) is 0 Å². The van der Waals surface area contributed by atoms with Crippen LogP contribution in [0.3, 0.4) is 0 Å². The summed E-state index contributed by atoms with van der Waals surface area (Å²) in [6.07, 6.45) is 5.78. The normalized spacial score (nSPS) is 21.5. The molecule has 4 heterocycles. The van der Waals surface area contributed by atoms with E-state index in [1.165, 1.54) is 29.7 Å². The molecule has 0 bridgehead atoms.